The van der Waals surface area contributed by atoms with Crippen molar-refractivity contribution in [2.24, 2.45) is 5.14 Å². The molecule has 29 heavy (non-hydrogen) atoms. The Bertz CT molecular complexity index is 1130. The molecule has 7 nitrogen and oxygen atoms in total. The van der Waals surface area contributed by atoms with E-state index in [9.17, 15) is 9.00 Å². The van der Waals surface area contributed by atoms with Gasteiger partial charge in [0.25, 0.3) is 0 Å². The molecule has 3 N–H and O–H groups in total. The first-order valence-electron chi connectivity index (χ1n) is 9.06. The molecule has 3 aromatic rings. The Morgan fingerprint density at radius 2 is 2.00 bits per heavy atom. The molecule has 0 saturated heterocycles. The summed E-state index contributed by atoms with van der Waals surface area (Å²) in [5, 5.41) is 21.9. The number of anilines is 1. The van der Waals surface area contributed by atoms with Gasteiger partial charge in [0, 0.05) is 11.9 Å². The number of nitrogens with one attached hydrogen (secondary N) is 1. The molecule has 1 aromatic heterocycles. The minimum atomic E-state index is -1.80. The number of nitrogens with two attached hydrogens (primary N) is 1. The first-order valence-corrected chi connectivity index (χ1v) is 10.3. The molecule has 148 valence electrons. The minimum absolute atomic E-state index is 0.172. The number of nitriles is 1. The number of amides is 1. The maximum absolute atomic E-state index is 12.5. The van der Waals surface area contributed by atoms with Crippen LogP contribution in [0.5, 0.6) is 0 Å². The molecule has 1 amide bonds. The van der Waals surface area contributed by atoms with Crippen LogP contribution in [0.4, 0.5) is 5.69 Å². The van der Waals surface area contributed by atoms with Gasteiger partial charge in [-0.2, -0.15) is 10.4 Å². The number of benzene rings is 2. The lowest BCUT2D eigenvalue weighted by molar-refractivity contribution is -0.115. The lowest BCUT2D eigenvalue weighted by Crippen LogP contribution is -2.16. The van der Waals surface area contributed by atoms with Crippen LogP contribution in [0.1, 0.15) is 29.3 Å². The summed E-state index contributed by atoms with van der Waals surface area (Å²) in [5.74, 6) is -0.172. The summed E-state index contributed by atoms with van der Waals surface area (Å²) in [6.07, 6.45) is 2.65. The molecule has 0 aliphatic carbocycles. The largest absolute Gasteiger partial charge is 0.326 e. The summed E-state index contributed by atoms with van der Waals surface area (Å²) in [7, 11) is -1.80. The Kier molecular flexibility index (Phi) is 6.22. The third-order valence-corrected chi connectivity index (χ3v) is 5.34. The van der Waals surface area contributed by atoms with Crippen LogP contribution >= 0.6 is 0 Å². The number of carbonyl (C=O) groups excluding carboxylic acids is 1. The van der Waals surface area contributed by atoms with Crippen molar-refractivity contribution < 1.29 is 9.00 Å². The van der Waals surface area contributed by atoms with Crippen molar-refractivity contribution in [3.8, 4) is 11.8 Å². The molecule has 0 saturated carbocycles. The molecule has 2 aromatic carbocycles. The fraction of sp³-hybridized carbons (Fsp3) is 0.190. The monoisotopic (exact) mass is 407 g/mol. The SMILES string of the molecule is CCc1ccccc1CC(=O)Nc1ccc(-n2cc(C#N)c(C)n2)c(S(N)=O)c1. The molecule has 0 bridgehead atoms. The van der Waals surface area contributed by atoms with Gasteiger partial charge in [0.15, 0.2) is 0 Å². The van der Waals surface area contributed by atoms with Crippen LogP contribution in [0.15, 0.2) is 53.6 Å². The van der Waals surface area contributed by atoms with E-state index in [0.29, 0.717) is 27.5 Å². The quantitative estimate of drug-likeness (QED) is 0.654. The number of aromatic nitrogens is 2. The Labute approximate surface area is 171 Å². The van der Waals surface area contributed by atoms with Gasteiger partial charge in [0.05, 0.1) is 28.3 Å². The van der Waals surface area contributed by atoms with Gasteiger partial charge in [-0.25, -0.2) is 14.0 Å². The van der Waals surface area contributed by atoms with Crippen molar-refractivity contribution in [1.29, 1.82) is 5.26 Å². The molecule has 8 heteroatoms. The summed E-state index contributed by atoms with van der Waals surface area (Å²) in [5.41, 5.74) is 4.07. The summed E-state index contributed by atoms with van der Waals surface area (Å²) in [4.78, 5) is 12.8. The second-order valence-corrected chi connectivity index (χ2v) is 7.55. The van der Waals surface area contributed by atoms with Crippen LogP contribution in [0.2, 0.25) is 0 Å². The van der Waals surface area contributed by atoms with Gasteiger partial charge in [-0.1, -0.05) is 31.2 Å². The number of hydrogen-bond donors (Lipinski definition) is 2. The Hall–Kier alpha value is -3.28. The predicted molar refractivity (Wildman–Crippen MR) is 112 cm³/mol. The van der Waals surface area contributed by atoms with Crippen molar-refractivity contribution in [2.45, 2.75) is 31.6 Å². The molecule has 0 spiro atoms. The van der Waals surface area contributed by atoms with Crippen molar-refractivity contribution in [3.05, 3.63) is 71.0 Å². The number of hydrogen-bond acceptors (Lipinski definition) is 4. The third-order valence-electron chi connectivity index (χ3n) is 4.58. The number of aryl methyl sites for hydroxylation is 2. The zero-order valence-electron chi connectivity index (χ0n) is 16.2. The Balaban J connectivity index is 1.85. The van der Waals surface area contributed by atoms with E-state index in [1.807, 2.05) is 31.2 Å². The Morgan fingerprint density at radius 1 is 1.28 bits per heavy atom. The van der Waals surface area contributed by atoms with Crippen LogP contribution in [0.3, 0.4) is 0 Å². The van der Waals surface area contributed by atoms with Crippen LogP contribution in [-0.2, 0) is 28.6 Å². The highest BCUT2D eigenvalue weighted by Crippen LogP contribution is 2.23. The molecule has 1 heterocycles. The van der Waals surface area contributed by atoms with E-state index >= 15 is 0 Å². The smallest absolute Gasteiger partial charge is 0.228 e. The van der Waals surface area contributed by atoms with E-state index in [0.717, 1.165) is 17.5 Å². The van der Waals surface area contributed by atoms with Gasteiger partial charge in [-0.05, 0) is 42.7 Å². The molecule has 1 atom stereocenters. The van der Waals surface area contributed by atoms with Crippen LogP contribution in [0.25, 0.3) is 5.69 Å². The van der Waals surface area contributed by atoms with E-state index in [1.54, 1.807) is 31.3 Å². The van der Waals surface area contributed by atoms with E-state index < -0.39 is 11.0 Å². The van der Waals surface area contributed by atoms with E-state index in [2.05, 4.69) is 16.5 Å². The summed E-state index contributed by atoms with van der Waals surface area (Å²) in [6, 6.07) is 14.8. The number of carbonyl (C=O) groups is 1. The van der Waals surface area contributed by atoms with E-state index in [-0.39, 0.29) is 12.3 Å². The fourth-order valence-electron chi connectivity index (χ4n) is 3.09. The first kappa shape index (κ1) is 20.5. The van der Waals surface area contributed by atoms with Gasteiger partial charge in [-0.3, -0.25) is 4.79 Å². The topological polar surface area (TPSA) is 114 Å². The summed E-state index contributed by atoms with van der Waals surface area (Å²) in [6.45, 7) is 3.77. The molecule has 3 rings (SSSR count). The van der Waals surface area contributed by atoms with Gasteiger partial charge in [0.1, 0.15) is 17.1 Å². The van der Waals surface area contributed by atoms with Gasteiger partial charge in [0.2, 0.25) is 5.91 Å². The molecule has 0 aliphatic rings. The second-order valence-electron chi connectivity index (χ2n) is 6.51. The molecule has 1 unspecified atom stereocenters. The molecular formula is C21H21N5O2S. The van der Waals surface area contributed by atoms with Crippen LogP contribution < -0.4 is 10.5 Å². The third kappa shape index (κ3) is 4.59. The highest BCUT2D eigenvalue weighted by molar-refractivity contribution is 7.82. The molecular weight excluding hydrogens is 386 g/mol. The van der Waals surface area contributed by atoms with E-state index in [1.165, 1.54) is 4.68 Å². The van der Waals surface area contributed by atoms with Crippen LogP contribution in [-0.4, -0.2) is 19.9 Å². The lowest BCUT2D eigenvalue weighted by atomic mass is 10.0. The normalized spacial score (nSPS) is 11.7. The predicted octanol–water partition coefficient (Wildman–Crippen LogP) is 2.78. The Morgan fingerprint density at radius 3 is 2.62 bits per heavy atom. The maximum atomic E-state index is 12.5. The van der Waals surface area contributed by atoms with Crippen molar-refractivity contribution in [2.75, 3.05) is 5.32 Å². The number of nitrogens with zero attached hydrogens (tertiary/aromatic N) is 3. The van der Waals surface area contributed by atoms with Crippen molar-refractivity contribution in [1.82, 2.24) is 9.78 Å². The zero-order chi connectivity index (χ0) is 21.0. The van der Waals surface area contributed by atoms with E-state index in [4.69, 9.17) is 10.4 Å². The average Bonchev–Trinajstić information content (AvgIpc) is 3.08. The highest BCUT2D eigenvalue weighted by Gasteiger charge is 2.15. The average molecular weight is 407 g/mol. The summed E-state index contributed by atoms with van der Waals surface area (Å²) < 4.78 is 13.6. The van der Waals surface area contributed by atoms with Gasteiger partial charge < -0.3 is 5.32 Å². The lowest BCUT2D eigenvalue weighted by Gasteiger charge is -2.12. The molecule has 0 radical (unpaired) electrons. The van der Waals surface area contributed by atoms with Crippen molar-refractivity contribution >= 4 is 22.6 Å². The zero-order valence-corrected chi connectivity index (χ0v) is 17.0. The second kappa shape index (κ2) is 8.82. The fourth-order valence-corrected chi connectivity index (χ4v) is 3.70. The van der Waals surface area contributed by atoms with Gasteiger partial charge in [-0.15, -0.1) is 0 Å². The molecule has 0 fully saturated rings. The summed E-state index contributed by atoms with van der Waals surface area (Å²) >= 11 is 0. The first-order chi connectivity index (χ1) is 13.9. The minimum Gasteiger partial charge on any atom is -0.326 e. The standard InChI is InChI=1S/C21H21N5O2S/c1-3-15-6-4-5-7-16(15)10-21(27)24-18-8-9-19(20(11-18)29(23)28)26-13-17(12-22)14(2)25-26/h4-9,11,13H,3,10,23H2,1-2H3,(H,24,27). The number of rotatable bonds is 6. The van der Waals surface area contributed by atoms with Crippen molar-refractivity contribution in [3.63, 3.8) is 0 Å². The highest BCUT2D eigenvalue weighted by atomic mass is 32.2. The van der Waals surface area contributed by atoms with Crippen LogP contribution in [0, 0.1) is 18.3 Å². The van der Waals surface area contributed by atoms with Gasteiger partial charge >= 0.3 is 0 Å². The maximum Gasteiger partial charge on any atom is 0.228 e. The molecule has 0 aliphatic heterocycles.